The van der Waals surface area contributed by atoms with Gasteiger partial charge < -0.3 is 4.74 Å². The fourth-order valence-corrected chi connectivity index (χ4v) is 3.39. The molecule has 2 unspecified atom stereocenters. The van der Waals surface area contributed by atoms with Gasteiger partial charge in [-0.1, -0.05) is 53.6 Å². The van der Waals surface area contributed by atoms with Crippen LogP contribution in [-0.4, -0.2) is 28.0 Å². The maximum Gasteiger partial charge on any atom is 0.137 e. The van der Waals surface area contributed by atoms with Crippen LogP contribution in [0.2, 0.25) is 10.0 Å². The summed E-state index contributed by atoms with van der Waals surface area (Å²) < 4.78 is 7.63. The summed E-state index contributed by atoms with van der Waals surface area (Å²) in [4.78, 5) is 4.07. The number of halogens is 2. The monoisotopic (exact) mass is 349 g/mol. The molecule has 2 aromatic rings. The van der Waals surface area contributed by atoms with Crippen molar-refractivity contribution in [3.63, 3.8) is 0 Å². The summed E-state index contributed by atoms with van der Waals surface area (Å²) in [6.45, 7) is 0. The van der Waals surface area contributed by atoms with E-state index in [9.17, 15) is 0 Å². The van der Waals surface area contributed by atoms with E-state index >= 15 is 0 Å². The summed E-state index contributed by atoms with van der Waals surface area (Å²) in [6, 6.07) is 5.52. The number of ether oxygens (including phenoxy) is 1. The molecule has 6 heteroatoms. The molecule has 1 aromatic heterocycles. The summed E-state index contributed by atoms with van der Waals surface area (Å²) in [7, 11) is 1.72. The highest BCUT2D eigenvalue weighted by Crippen LogP contribution is 2.31. The summed E-state index contributed by atoms with van der Waals surface area (Å²) in [6.07, 6.45) is 12.2. The molecule has 3 rings (SSSR count). The summed E-state index contributed by atoms with van der Waals surface area (Å²) in [5, 5.41) is 5.58. The second-order valence-electron chi connectivity index (χ2n) is 5.43. The third-order valence-corrected chi connectivity index (χ3v) is 4.62. The van der Waals surface area contributed by atoms with E-state index in [-0.39, 0.29) is 18.1 Å². The van der Waals surface area contributed by atoms with Crippen LogP contribution in [0, 0.1) is 5.92 Å². The van der Waals surface area contributed by atoms with Crippen LogP contribution >= 0.6 is 23.2 Å². The van der Waals surface area contributed by atoms with Crippen molar-refractivity contribution in [3.05, 3.63) is 70.8 Å². The van der Waals surface area contributed by atoms with E-state index in [1.807, 2.05) is 29.0 Å². The Kier molecular flexibility index (Phi) is 5.16. The summed E-state index contributed by atoms with van der Waals surface area (Å²) in [5.74, 6) is 0.195. The summed E-state index contributed by atoms with van der Waals surface area (Å²) >= 11 is 12.3. The highest BCUT2D eigenvalue weighted by atomic mass is 35.5. The zero-order chi connectivity index (χ0) is 16.2. The number of hydrogen-bond donors (Lipinski definition) is 0. The van der Waals surface area contributed by atoms with Gasteiger partial charge in [0, 0.05) is 23.1 Å². The molecule has 1 aliphatic carbocycles. The van der Waals surface area contributed by atoms with Crippen molar-refractivity contribution in [2.45, 2.75) is 18.6 Å². The molecule has 0 fully saturated rings. The molecule has 0 radical (unpaired) electrons. The van der Waals surface area contributed by atoms with Gasteiger partial charge >= 0.3 is 0 Å². The maximum absolute atomic E-state index is 6.34. The third kappa shape index (κ3) is 3.66. The molecule has 0 amide bonds. The van der Waals surface area contributed by atoms with Crippen LogP contribution in [0.3, 0.4) is 0 Å². The Bertz CT molecular complexity index is 701. The Labute approximate surface area is 145 Å². The molecule has 1 heterocycles. The van der Waals surface area contributed by atoms with Gasteiger partial charge in [0.1, 0.15) is 12.7 Å². The van der Waals surface area contributed by atoms with E-state index in [0.717, 1.165) is 5.56 Å². The lowest BCUT2D eigenvalue weighted by atomic mass is 9.92. The van der Waals surface area contributed by atoms with Gasteiger partial charge in [-0.2, -0.15) is 5.10 Å². The van der Waals surface area contributed by atoms with Crippen LogP contribution in [0.1, 0.15) is 11.6 Å². The average molecular weight is 350 g/mol. The molecule has 0 N–H and O–H groups in total. The number of benzene rings is 1. The average Bonchev–Trinajstić information content (AvgIpc) is 3.22. The molecular formula is C17H17Cl2N3O. The largest absolute Gasteiger partial charge is 0.378 e. The Morgan fingerprint density at radius 1 is 1.26 bits per heavy atom. The Morgan fingerprint density at radius 2 is 2.04 bits per heavy atom. The Morgan fingerprint density at radius 3 is 2.65 bits per heavy atom. The molecular weight excluding hydrogens is 333 g/mol. The molecule has 1 aromatic carbocycles. The molecule has 0 saturated heterocycles. The van der Waals surface area contributed by atoms with Crippen molar-refractivity contribution in [1.29, 1.82) is 0 Å². The van der Waals surface area contributed by atoms with Gasteiger partial charge in [-0.3, -0.25) is 0 Å². The van der Waals surface area contributed by atoms with E-state index in [0.29, 0.717) is 16.5 Å². The lowest BCUT2D eigenvalue weighted by Crippen LogP contribution is -2.33. The molecule has 1 aliphatic rings. The lowest BCUT2D eigenvalue weighted by Gasteiger charge is -2.29. The van der Waals surface area contributed by atoms with Crippen LogP contribution in [0.25, 0.3) is 0 Å². The van der Waals surface area contributed by atoms with Crippen molar-refractivity contribution in [1.82, 2.24) is 14.8 Å². The van der Waals surface area contributed by atoms with Crippen molar-refractivity contribution in [3.8, 4) is 0 Å². The highest BCUT2D eigenvalue weighted by Gasteiger charge is 2.30. The first-order chi connectivity index (χ1) is 11.2. The second-order valence-corrected chi connectivity index (χ2v) is 6.27. The molecule has 120 valence electrons. The Hall–Kier alpha value is -1.62. The van der Waals surface area contributed by atoms with Crippen molar-refractivity contribution >= 4 is 23.2 Å². The molecule has 23 heavy (non-hydrogen) atoms. The SMILES string of the molecule is COC(C1C=CC=C1)C(Cc1ccc(Cl)cc1Cl)n1cncn1. The van der Waals surface area contributed by atoms with Crippen LogP contribution in [0.5, 0.6) is 0 Å². The van der Waals surface area contributed by atoms with Gasteiger partial charge in [-0.15, -0.1) is 0 Å². The second kappa shape index (κ2) is 7.30. The number of aromatic nitrogens is 3. The van der Waals surface area contributed by atoms with Crippen LogP contribution < -0.4 is 0 Å². The minimum atomic E-state index is -0.0709. The maximum atomic E-state index is 6.34. The molecule has 2 atom stereocenters. The lowest BCUT2D eigenvalue weighted by molar-refractivity contribution is 0.0338. The fourth-order valence-electron chi connectivity index (χ4n) is 2.90. The first-order valence-corrected chi connectivity index (χ1v) is 8.10. The molecule has 0 aliphatic heterocycles. The van der Waals surface area contributed by atoms with Gasteiger partial charge in [0.15, 0.2) is 0 Å². The Balaban J connectivity index is 1.92. The number of allylic oxidation sites excluding steroid dienone is 2. The van der Waals surface area contributed by atoms with Gasteiger partial charge in [0.25, 0.3) is 0 Å². The first kappa shape index (κ1) is 16.2. The molecule has 0 bridgehead atoms. The van der Waals surface area contributed by atoms with Gasteiger partial charge in [-0.25, -0.2) is 9.67 Å². The van der Waals surface area contributed by atoms with Crippen LogP contribution in [0.4, 0.5) is 0 Å². The third-order valence-electron chi connectivity index (χ3n) is 4.03. The fraction of sp³-hybridized carbons (Fsp3) is 0.294. The van der Waals surface area contributed by atoms with Crippen molar-refractivity contribution in [2.24, 2.45) is 5.92 Å². The minimum Gasteiger partial charge on any atom is -0.378 e. The van der Waals surface area contributed by atoms with E-state index < -0.39 is 0 Å². The quantitative estimate of drug-likeness (QED) is 0.787. The topological polar surface area (TPSA) is 39.9 Å². The van der Waals surface area contributed by atoms with Gasteiger partial charge in [0.2, 0.25) is 0 Å². The van der Waals surface area contributed by atoms with Gasteiger partial charge in [-0.05, 0) is 24.1 Å². The van der Waals surface area contributed by atoms with Gasteiger partial charge in [0.05, 0.1) is 12.1 Å². The van der Waals surface area contributed by atoms with Crippen molar-refractivity contribution in [2.75, 3.05) is 7.11 Å². The van der Waals surface area contributed by atoms with E-state index in [1.165, 1.54) is 6.33 Å². The minimum absolute atomic E-state index is 0.0291. The normalized spacial score (nSPS) is 16.8. The highest BCUT2D eigenvalue weighted by molar-refractivity contribution is 6.35. The van der Waals surface area contributed by atoms with E-state index in [2.05, 4.69) is 22.2 Å². The van der Waals surface area contributed by atoms with Crippen LogP contribution in [0.15, 0.2) is 55.2 Å². The van der Waals surface area contributed by atoms with E-state index in [1.54, 1.807) is 19.5 Å². The molecule has 0 spiro atoms. The summed E-state index contributed by atoms with van der Waals surface area (Å²) in [5.41, 5.74) is 1.00. The predicted octanol–water partition coefficient (Wildman–Crippen LogP) is 4.13. The first-order valence-electron chi connectivity index (χ1n) is 7.35. The molecule has 0 saturated carbocycles. The zero-order valence-corrected chi connectivity index (χ0v) is 14.2. The zero-order valence-electron chi connectivity index (χ0n) is 12.6. The van der Waals surface area contributed by atoms with Crippen LogP contribution in [-0.2, 0) is 11.2 Å². The number of hydrogen-bond acceptors (Lipinski definition) is 3. The standard InChI is InChI=1S/C17H17Cl2N3O/c1-23-17(12-4-2-3-5-12)16(22-11-20-10-21-22)8-13-6-7-14(18)9-15(13)19/h2-7,9-12,16-17H,8H2,1H3. The number of methoxy groups -OCH3 is 1. The number of nitrogens with zero attached hydrogens (tertiary/aromatic N) is 3. The van der Waals surface area contributed by atoms with Crippen molar-refractivity contribution < 1.29 is 4.74 Å². The predicted molar refractivity (Wildman–Crippen MR) is 91.8 cm³/mol. The van der Waals surface area contributed by atoms with E-state index in [4.69, 9.17) is 27.9 Å². The molecule has 4 nitrogen and oxygen atoms in total. The smallest absolute Gasteiger partial charge is 0.137 e. The number of rotatable bonds is 6.